The molecule has 0 fully saturated rings. The quantitative estimate of drug-likeness (QED) is 0.382. The lowest BCUT2D eigenvalue weighted by atomic mass is 10.1. The zero-order valence-electron chi connectivity index (χ0n) is 18.9. The van der Waals surface area contributed by atoms with Crippen LogP contribution in [0.5, 0.6) is 0 Å². The Bertz CT molecular complexity index is 1560. The van der Waals surface area contributed by atoms with Crippen LogP contribution in [0.4, 0.5) is 0 Å². The highest BCUT2D eigenvalue weighted by Crippen LogP contribution is 2.28. The Hall–Kier alpha value is -4.33. The van der Waals surface area contributed by atoms with Crippen molar-refractivity contribution in [1.29, 1.82) is 0 Å². The van der Waals surface area contributed by atoms with Gasteiger partial charge in [-0.05, 0) is 37.1 Å². The molecular weight excluding hydrogens is 428 g/mol. The van der Waals surface area contributed by atoms with Crippen LogP contribution in [0.15, 0.2) is 60.9 Å². The summed E-state index contributed by atoms with van der Waals surface area (Å²) in [6.07, 6.45) is 2.05. The minimum Gasteiger partial charge on any atom is -0.325 e. The van der Waals surface area contributed by atoms with E-state index in [1.54, 1.807) is 35.1 Å². The van der Waals surface area contributed by atoms with E-state index in [-0.39, 0.29) is 18.4 Å². The van der Waals surface area contributed by atoms with E-state index >= 15 is 0 Å². The average Bonchev–Trinajstić information content (AvgIpc) is 3.46. The third-order valence-corrected chi connectivity index (χ3v) is 6.61. The lowest BCUT2D eigenvalue weighted by molar-refractivity contribution is 0.0655. The molecule has 5 aromatic rings. The summed E-state index contributed by atoms with van der Waals surface area (Å²) in [4.78, 5) is 36.1. The number of amides is 2. The molecule has 8 nitrogen and oxygen atoms in total. The monoisotopic (exact) mass is 450 g/mol. The number of hydrogen-bond donors (Lipinski definition) is 0. The molecule has 8 heteroatoms. The summed E-state index contributed by atoms with van der Waals surface area (Å²) < 4.78 is 3.88. The van der Waals surface area contributed by atoms with Crippen LogP contribution >= 0.6 is 0 Å². The van der Waals surface area contributed by atoms with Crippen LogP contribution in [0, 0.1) is 13.8 Å². The van der Waals surface area contributed by atoms with E-state index in [1.807, 2.05) is 18.2 Å². The van der Waals surface area contributed by atoms with Crippen LogP contribution in [-0.2, 0) is 13.0 Å². The van der Waals surface area contributed by atoms with Crippen LogP contribution in [0.3, 0.4) is 0 Å². The molecule has 1 aliphatic heterocycles. The van der Waals surface area contributed by atoms with Crippen LogP contribution in [0.1, 0.15) is 43.4 Å². The molecular formula is C26H22N6O2. The minimum atomic E-state index is -0.266. The predicted octanol–water partition coefficient (Wildman–Crippen LogP) is 3.58. The van der Waals surface area contributed by atoms with E-state index in [9.17, 15) is 9.59 Å². The number of fused-ring (bicyclic) bond motifs is 4. The minimum absolute atomic E-state index is 0.229. The van der Waals surface area contributed by atoms with Gasteiger partial charge in [-0.3, -0.25) is 14.5 Å². The molecule has 4 heterocycles. The highest BCUT2D eigenvalue weighted by molar-refractivity contribution is 6.21. The van der Waals surface area contributed by atoms with E-state index in [0.717, 1.165) is 34.5 Å². The Morgan fingerprint density at radius 1 is 0.853 bits per heavy atom. The van der Waals surface area contributed by atoms with Crippen molar-refractivity contribution >= 4 is 28.5 Å². The van der Waals surface area contributed by atoms with Gasteiger partial charge in [0.15, 0.2) is 11.5 Å². The maximum Gasteiger partial charge on any atom is 0.261 e. The molecule has 0 spiro atoms. The van der Waals surface area contributed by atoms with Crippen LogP contribution in [-0.4, -0.2) is 47.4 Å². The molecule has 0 N–H and O–H groups in total. The first-order valence-corrected chi connectivity index (χ1v) is 11.2. The van der Waals surface area contributed by atoms with Crippen molar-refractivity contribution in [3.63, 3.8) is 0 Å². The van der Waals surface area contributed by atoms with Crippen molar-refractivity contribution in [3.05, 3.63) is 94.7 Å². The van der Waals surface area contributed by atoms with Crippen molar-refractivity contribution in [1.82, 2.24) is 29.0 Å². The summed E-state index contributed by atoms with van der Waals surface area (Å²) >= 11 is 0. The number of hydrogen-bond acceptors (Lipinski definition) is 5. The molecule has 0 bridgehead atoms. The Morgan fingerprint density at radius 3 is 2.24 bits per heavy atom. The molecule has 0 atom stereocenters. The molecule has 0 aliphatic carbocycles. The highest BCUT2D eigenvalue weighted by atomic mass is 16.2. The van der Waals surface area contributed by atoms with Gasteiger partial charge in [0.1, 0.15) is 12.0 Å². The third kappa shape index (κ3) is 3.02. The molecule has 3 aromatic heterocycles. The number of imide groups is 1. The van der Waals surface area contributed by atoms with E-state index in [2.05, 4.69) is 35.6 Å². The largest absolute Gasteiger partial charge is 0.325 e. The second-order valence-corrected chi connectivity index (χ2v) is 8.58. The smallest absolute Gasteiger partial charge is 0.261 e. The molecule has 6 rings (SSSR count). The van der Waals surface area contributed by atoms with Gasteiger partial charge in [-0.1, -0.05) is 42.5 Å². The Morgan fingerprint density at radius 2 is 1.53 bits per heavy atom. The van der Waals surface area contributed by atoms with E-state index in [0.29, 0.717) is 23.4 Å². The highest BCUT2D eigenvalue weighted by Gasteiger charge is 2.34. The van der Waals surface area contributed by atoms with Crippen LogP contribution in [0.25, 0.3) is 16.7 Å². The number of aryl methyl sites for hydroxylation is 1. The Labute approximate surface area is 195 Å². The van der Waals surface area contributed by atoms with Crippen LogP contribution < -0.4 is 0 Å². The summed E-state index contributed by atoms with van der Waals surface area (Å²) in [5, 5.41) is 5.54. The Balaban J connectivity index is 1.32. The first-order chi connectivity index (χ1) is 16.5. The Kier molecular flexibility index (Phi) is 4.55. The summed E-state index contributed by atoms with van der Waals surface area (Å²) in [6, 6.07) is 17.2. The molecule has 2 amide bonds. The second kappa shape index (κ2) is 7.62. The number of carbonyl (C=O) groups excluding carboxylic acids is 2. The summed E-state index contributed by atoms with van der Waals surface area (Å²) in [7, 11) is 0. The number of carbonyl (C=O) groups is 2. The topological polar surface area (TPSA) is 85.4 Å². The van der Waals surface area contributed by atoms with Gasteiger partial charge in [0.2, 0.25) is 0 Å². The molecule has 34 heavy (non-hydrogen) atoms. The van der Waals surface area contributed by atoms with E-state index < -0.39 is 0 Å². The number of benzene rings is 2. The maximum absolute atomic E-state index is 12.7. The molecule has 0 radical (unpaired) electrons. The van der Waals surface area contributed by atoms with Crippen molar-refractivity contribution < 1.29 is 9.59 Å². The first kappa shape index (κ1) is 20.3. The first-order valence-electron chi connectivity index (χ1n) is 11.2. The zero-order valence-corrected chi connectivity index (χ0v) is 18.9. The molecule has 2 aromatic carbocycles. The predicted molar refractivity (Wildman–Crippen MR) is 127 cm³/mol. The van der Waals surface area contributed by atoms with Gasteiger partial charge in [0, 0.05) is 25.2 Å². The molecule has 0 saturated carbocycles. The number of nitrogens with zero attached hydrogens (tertiary/aromatic N) is 6. The van der Waals surface area contributed by atoms with E-state index in [4.69, 9.17) is 9.97 Å². The van der Waals surface area contributed by atoms with Crippen molar-refractivity contribution in [3.8, 4) is 0 Å². The van der Waals surface area contributed by atoms with Gasteiger partial charge in [-0.15, -0.1) is 5.10 Å². The second-order valence-electron chi connectivity index (χ2n) is 8.58. The van der Waals surface area contributed by atoms with Crippen molar-refractivity contribution in [2.75, 3.05) is 6.54 Å². The van der Waals surface area contributed by atoms with Crippen molar-refractivity contribution in [2.24, 2.45) is 0 Å². The maximum atomic E-state index is 12.7. The fraction of sp³-hybridized carbons (Fsp3) is 0.192. The van der Waals surface area contributed by atoms with E-state index in [1.165, 1.54) is 10.5 Å². The lowest BCUT2D eigenvalue weighted by Gasteiger charge is -2.11. The van der Waals surface area contributed by atoms with Gasteiger partial charge in [-0.25, -0.2) is 14.5 Å². The number of aromatic nitrogens is 5. The third-order valence-electron chi connectivity index (χ3n) is 6.61. The van der Waals surface area contributed by atoms with Gasteiger partial charge >= 0.3 is 0 Å². The van der Waals surface area contributed by atoms with Gasteiger partial charge in [0.25, 0.3) is 11.8 Å². The van der Waals surface area contributed by atoms with Crippen LogP contribution in [0.2, 0.25) is 0 Å². The van der Waals surface area contributed by atoms with Gasteiger partial charge in [0.05, 0.1) is 16.5 Å². The molecule has 1 aliphatic rings. The average molecular weight is 451 g/mol. The molecule has 0 unspecified atom stereocenters. The normalized spacial score (nSPS) is 13.4. The SMILES string of the molecule is Cc1c(C)n(Cc2ccccc2)c2ncn3nc(CCN4C(=O)c5ccccc5C4=O)nc3c12. The summed E-state index contributed by atoms with van der Waals surface area (Å²) in [6.45, 7) is 5.12. The number of rotatable bonds is 5. The van der Waals surface area contributed by atoms with Gasteiger partial charge < -0.3 is 4.57 Å². The fourth-order valence-corrected chi connectivity index (χ4v) is 4.69. The fourth-order valence-electron chi connectivity index (χ4n) is 4.69. The summed E-state index contributed by atoms with van der Waals surface area (Å²) in [5.74, 6) is 0.0366. The lowest BCUT2D eigenvalue weighted by Crippen LogP contribution is -2.31. The van der Waals surface area contributed by atoms with Crippen molar-refractivity contribution in [2.45, 2.75) is 26.8 Å². The van der Waals surface area contributed by atoms with Gasteiger partial charge in [-0.2, -0.15) is 0 Å². The molecule has 168 valence electrons. The summed E-state index contributed by atoms with van der Waals surface area (Å²) in [5.41, 5.74) is 5.95. The zero-order chi connectivity index (χ0) is 23.4. The molecule has 0 saturated heterocycles. The standard InChI is InChI=1S/C26H22N6O2/c1-16-17(2)31(14-18-8-4-3-5-9-18)23-22(16)24-28-21(29-32(24)15-27-23)12-13-30-25(33)19-10-6-7-11-20(19)26(30)34/h3-11,15H,12-14H2,1-2H3.